The van der Waals surface area contributed by atoms with Crippen molar-refractivity contribution >= 4 is 9.84 Å². The van der Waals surface area contributed by atoms with E-state index in [1.165, 1.54) is 44.1 Å². The SMILES string of the molecule is CCNC(CC1CCS(=O)(=O)C1)C1=CCCCCCC1. The van der Waals surface area contributed by atoms with Gasteiger partial charge in [-0.2, -0.15) is 0 Å². The third-order valence-electron chi connectivity index (χ3n) is 4.62. The molecule has 116 valence electrons. The van der Waals surface area contributed by atoms with Crippen LogP contribution in [0.5, 0.6) is 0 Å². The van der Waals surface area contributed by atoms with E-state index in [0.29, 0.717) is 23.5 Å². The molecule has 2 unspecified atom stereocenters. The highest BCUT2D eigenvalue weighted by Crippen LogP contribution is 2.28. The molecule has 20 heavy (non-hydrogen) atoms. The summed E-state index contributed by atoms with van der Waals surface area (Å²) in [5.74, 6) is 1.16. The van der Waals surface area contributed by atoms with E-state index in [1.807, 2.05) is 0 Å². The summed E-state index contributed by atoms with van der Waals surface area (Å²) < 4.78 is 23.2. The molecule has 2 rings (SSSR count). The fraction of sp³-hybridized carbons (Fsp3) is 0.875. The van der Waals surface area contributed by atoms with Gasteiger partial charge in [0.1, 0.15) is 0 Å². The van der Waals surface area contributed by atoms with Crippen LogP contribution in [0.4, 0.5) is 0 Å². The Morgan fingerprint density at radius 2 is 2.10 bits per heavy atom. The number of hydrogen-bond donors (Lipinski definition) is 1. The predicted octanol–water partition coefficient (Wildman–Crippen LogP) is 3.07. The Morgan fingerprint density at radius 3 is 2.80 bits per heavy atom. The van der Waals surface area contributed by atoms with Crippen LogP contribution in [0.3, 0.4) is 0 Å². The van der Waals surface area contributed by atoms with Crippen molar-refractivity contribution in [2.45, 2.75) is 64.3 Å². The smallest absolute Gasteiger partial charge is 0.150 e. The predicted molar refractivity (Wildman–Crippen MR) is 84.6 cm³/mol. The highest BCUT2D eigenvalue weighted by molar-refractivity contribution is 7.91. The zero-order chi connectivity index (χ0) is 14.4. The van der Waals surface area contributed by atoms with Gasteiger partial charge in [0.05, 0.1) is 11.5 Å². The molecule has 3 nitrogen and oxygen atoms in total. The van der Waals surface area contributed by atoms with Gasteiger partial charge in [-0.1, -0.05) is 31.4 Å². The van der Waals surface area contributed by atoms with Crippen molar-refractivity contribution in [3.8, 4) is 0 Å². The van der Waals surface area contributed by atoms with E-state index in [-0.39, 0.29) is 0 Å². The van der Waals surface area contributed by atoms with Gasteiger partial charge in [-0.15, -0.1) is 0 Å². The summed E-state index contributed by atoms with van der Waals surface area (Å²) in [6, 6.07) is 0.399. The zero-order valence-electron chi connectivity index (χ0n) is 12.7. The Kier molecular flexibility index (Phi) is 6.09. The minimum atomic E-state index is -2.75. The van der Waals surface area contributed by atoms with Crippen LogP contribution in [0, 0.1) is 5.92 Å². The number of allylic oxidation sites excluding steroid dienone is 1. The molecule has 0 bridgehead atoms. The summed E-state index contributed by atoms with van der Waals surface area (Å²) in [6.07, 6.45) is 12.0. The molecule has 1 N–H and O–H groups in total. The second-order valence-electron chi connectivity index (χ2n) is 6.35. The highest BCUT2D eigenvalue weighted by atomic mass is 32.2. The van der Waals surface area contributed by atoms with Gasteiger partial charge in [-0.05, 0) is 51.0 Å². The van der Waals surface area contributed by atoms with Crippen LogP contribution in [0.15, 0.2) is 11.6 Å². The van der Waals surface area contributed by atoms with Gasteiger partial charge in [-0.25, -0.2) is 8.42 Å². The molecule has 1 aliphatic heterocycles. The molecule has 0 saturated carbocycles. The van der Waals surface area contributed by atoms with Crippen molar-refractivity contribution in [3.05, 3.63) is 11.6 Å². The molecule has 1 aliphatic carbocycles. The van der Waals surface area contributed by atoms with E-state index in [1.54, 1.807) is 0 Å². The summed E-state index contributed by atoms with van der Waals surface area (Å²) in [5, 5.41) is 3.59. The number of hydrogen-bond acceptors (Lipinski definition) is 3. The van der Waals surface area contributed by atoms with E-state index in [9.17, 15) is 8.42 Å². The summed E-state index contributed by atoms with van der Waals surface area (Å²) in [4.78, 5) is 0. The molecule has 2 atom stereocenters. The average molecular weight is 299 g/mol. The summed E-state index contributed by atoms with van der Waals surface area (Å²) in [5.41, 5.74) is 1.54. The topological polar surface area (TPSA) is 46.2 Å². The molecule has 1 heterocycles. The molecule has 0 amide bonds. The fourth-order valence-electron chi connectivity index (χ4n) is 3.54. The molecule has 1 fully saturated rings. The third kappa shape index (κ3) is 4.88. The van der Waals surface area contributed by atoms with E-state index in [4.69, 9.17) is 0 Å². The minimum absolute atomic E-state index is 0.357. The van der Waals surface area contributed by atoms with Crippen LogP contribution >= 0.6 is 0 Å². The van der Waals surface area contributed by atoms with Crippen LogP contribution in [-0.2, 0) is 9.84 Å². The number of sulfone groups is 1. The van der Waals surface area contributed by atoms with Crippen molar-refractivity contribution in [3.63, 3.8) is 0 Å². The largest absolute Gasteiger partial charge is 0.311 e. The molecule has 0 aromatic heterocycles. The van der Waals surface area contributed by atoms with Gasteiger partial charge in [0, 0.05) is 6.04 Å². The molecule has 0 aromatic carbocycles. The molecule has 2 aliphatic rings. The maximum absolute atomic E-state index is 11.6. The maximum atomic E-state index is 11.6. The van der Waals surface area contributed by atoms with Crippen LogP contribution in [0.1, 0.15) is 58.3 Å². The second-order valence-corrected chi connectivity index (χ2v) is 8.58. The van der Waals surface area contributed by atoms with Gasteiger partial charge in [-0.3, -0.25) is 0 Å². The standard InChI is InChI=1S/C16H29NO2S/c1-2-17-16(12-14-10-11-20(18,19)13-14)15-8-6-4-3-5-7-9-15/h8,14,16-17H,2-7,9-13H2,1H3. The lowest BCUT2D eigenvalue weighted by Gasteiger charge is -2.25. The quantitative estimate of drug-likeness (QED) is 0.794. The Hall–Kier alpha value is -0.350. The van der Waals surface area contributed by atoms with Gasteiger partial charge < -0.3 is 5.32 Å². The average Bonchev–Trinajstić information content (AvgIpc) is 2.68. The molecule has 0 aromatic rings. The van der Waals surface area contributed by atoms with Crippen LogP contribution in [0.25, 0.3) is 0 Å². The van der Waals surface area contributed by atoms with Gasteiger partial charge in [0.25, 0.3) is 0 Å². The second kappa shape index (κ2) is 7.60. The van der Waals surface area contributed by atoms with E-state index in [0.717, 1.165) is 19.4 Å². The number of rotatable bonds is 5. The lowest BCUT2D eigenvalue weighted by Crippen LogP contribution is -2.33. The fourth-order valence-corrected chi connectivity index (χ4v) is 5.42. The lowest BCUT2D eigenvalue weighted by atomic mass is 9.89. The molecule has 0 radical (unpaired) electrons. The highest BCUT2D eigenvalue weighted by Gasteiger charge is 2.30. The van der Waals surface area contributed by atoms with Crippen LogP contribution < -0.4 is 5.32 Å². The van der Waals surface area contributed by atoms with Crippen molar-refractivity contribution in [1.29, 1.82) is 0 Å². The lowest BCUT2D eigenvalue weighted by molar-refractivity contribution is 0.433. The van der Waals surface area contributed by atoms with Gasteiger partial charge in [0.2, 0.25) is 0 Å². The first kappa shape index (κ1) is 16.0. The first-order valence-corrected chi connectivity index (χ1v) is 10.1. The first-order valence-electron chi connectivity index (χ1n) is 8.23. The van der Waals surface area contributed by atoms with E-state index in [2.05, 4.69) is 18.3 Å². The number of likely N-dealkylation sites (N-methyl/N-ethyl adjacent to an activating group) is 1. The van der Waals surface area contributed by atoms with Crippen molar-refractivity contribution in [2.75, 3.05) is 18.1 Å². The van der Waals surface area contributed by atoms with Crippen molar-refractivity contribution in [2.24, 2.45) is 5.92 Å². The normalized spacial score (nSPS) is 28.4. The summed E-state index contributed by atoms with van der Waals surface area (Å²) >= 11 is 0. The molecule has 4 heteroatoms. The number of nitrogens with one attached hydrogen (secondary N) is 1. The van der Waals surface area contributed by atoms with Crippen molar-refractivity contribution in [1.82, 2.24) is 5.32 Å². The minimum Gasteiger partial charge on any atom is -0.311 e. The van der Waals surface area contributed by atoms with Crippen LogP contribution in [0.2, 0.25) is 0 Å². The van der Waals surface area contributed by atoms with Gasteiger partial charge in [0.15, 0.2) is 9.84 Å². The Bertz CT molecular complexity index is 428. The zero-order valence-corrected chi connectivity index (χ0v) is 13.6. The Labute approximate surface area is 124 Å². The first-order chi connectivity index (χ1) is 9.61. The molecular weight excluding hydrogens is 270 g/mol. The van der Waals surface area contributed by atoms with E-state index < -0.39 is 9.84 Å². The molecule has 1 saturated heterocycles. The monoisotopic (exact) mass is 299 g/mol. The Balaban J connectivity index is 1.98. The van der Waals surface area contributed by atoms with Crippen molar-refractivity contribution < 1.29 is 8.42 Å². The molecule has 0 spiro atoms. The summed E-state index contributed by atoms with van der Waals surface area (Å²) in [7, 11) is -2.75. The van der Waals surface area contributed by atoms with E-state index >= 15 is 0 Å². The maximum Gasteiger partial charge on any atom is 0.150 e. The van der Waals surface area contributed by atoms with Gasteiger partial charge >= 0.3 is 0 Å². The third-order valence-corrected chi connectivity index (χ3v) is 6.46. The summed E-state index contributed by atoms with van der Waals surface area (Å²) in [6.45, 7) is 3.10. The van der Waals surface area contributed by atoms with Crippen LogP contribution in [-0.4, -0.2) is 32.5 Å². The molecular formula is C16H29NO2S. The Morgan fingerprint density at radius 1 is 1.30 bits per heavy atom.